The molecule has 1 aromatic carbocycles. The van der Waals surface area contributed by atoms with Crippen molar-refractivity contribution in [2.45, 2.75) is 20.4 Å². The van der Waals surface area contributed by atoms with Crippen molar-refractivity contribution >= 4 is 29.2 Å². The molecule has 26 heavy (non-hydrogen) atoms. The van der Waals surface area contributed by atoms with Gasteiger partial charge in [-0.15, -0.1) is 5.10 Å². The number of benzene rings is 1. The summed E-state index contributed by atoms with van der Waals surface area (Å²) in [6.45, 7) is 3.28. The molecule has 0 bridgehead atoms. The van der Waals surface area contributed by atoms with Crippen molar-refractivity contribution in [2.24, 2.45) is 7.05 Å². The molecule has 0 fully saturated rings. The van der Waals surface area contributed by atoms with Gasteiger partial charge in [0.1, 0.15) is 0 Å². The van der Waals surface area contributed by atoms with E-state index in [-0.39, 0.29) is 33.9 Å². The second-order valence-corrected chi connectivity index (χ2v) is 6.35. The van der Waals surface area contributed by atoms with Gasteiger partial charge in [-0.2, -0.15) is 9.78 Å². The molecule has 3 aromatic rings. The highest BCUT2D eigenvalue weighted by molar-refractivity contribution is 6.38. The number of esters is 1. The third-order valence-corrected chi connectivity index (χ3v) is 4.36. The average molecular weight is 397 g/mol. The molecule has 0 amide bonds. The molecule has 0 radical (unpaired) electrons. The lowest BCUT2D eigenvalue weighted by Gasteiger charge is -2.11. The Kier molecular flexibility index (Phi) is 4.88. The topological polar surface area (TPSA) is 92.2 Å². The van der Waals surface area contributed by atoms with Crippen LogP contribution in [0.1, 0.15) is 27.5 Å². The fraction of sp³-hybridized carbons (Fsp3) is 0.250. The maximum Gasteiger partial charge on any atom is 0.437 e. The number of nitrogens with zero attached hydrogens (tertiary/aromatic N) is 4. The van der Waals surface area contributed by atoms with E-state index < -0.39 is 11.7 Å². The molecule has 0 unspecified atom stereocenters. The molecule has 3 rings (SSSR count). The normalized spacial score (nSPS) is 11.0. The van der Waals surface area contributed by atoms with Crippen LogP contribution in [-0.2, 0) is 13.6 Å². The van der Waals surface area contributed by atoms with E-state index >= 15 is 0 Å². The monoisotopic (exact) mass is 396 g/mol. The fourth-order valence-corrected chi connectivity index (χ4v) is 2.96. The zero-order valence-corrected chi connectivity index (χ0v) is 15.6. The SMILES string of the molecule is Cc1cc(OC(=O)c2ccc(Cl)c(Cn3nc(C)oc3=O)c2Cl)n(C)n1. The number of ether oxygens (including phenoxy) is 1. The smallest absolute Gasteiger partial charge is 0.404 e. The summed E-state index contributed by atoms with van der Waals surface area (Å²) in [5, 5.41) is 8.41. The van der Waals surface area contributed by atoms with Gasteiger partial charge >= 0.3 is 11.7 Å². The first-order chi connectivity index (χ1) is 12.3. The Morgan fingerprint density at radius 3 is 2.58 bits per heavy atom. The maximum absolute atomic E-state index is 12.5. The van der Waals surface area contributed by atoms with Crippen LogP contribution < -0.4 is 10.5 Å². The third-order valence-electron chi connectivity index (χ3n) is 3.58. The van der Waals surface area contributed by atoms with Gasteiger partial charge in [0.15, 0.2) is 0 Å². The molecule has 8 nitrogen and oxygen atoms in total. The molecule has 10 heteroatoms. The molecule has 0 atom stereocenters. The van der Waals surface area contributed by atoms with Gasteiger partial charge in [-0.05, 0) is 19.1 Å². The van der Waals surface area contributed by atoms with Gasteiger partial charge in [-0.1, -0.05) is 23.2 Å². The van der Waals surface area contributed by atoms with Gasteiger partial charge in [0.2, 0.25) is 11.8 Å². The number of aromatic nitrogens is 4. The Labute approximate surface area is 157 Å². The minimum absolute atomic E-state index is 0.0419. The Morgan fingerprint density at radius 1 is 1.27 bits per heavy atom. The van der Waals surface area contributed by atoms with Gasteiger partial charge in [0, 0.05) is 30.6 Å². The largest absolute Gasteiger partial charge is 0.437 e. The van der Waals surface area contributed by atoms with Crippen LogP contribution in [0, 0.1) is 13.8 Å². The number of hydrogen-bond acceptors (Lipinski definition) is 6. The minimum atomic E-state index is -0.667. The minimum Gasteiger partial charge on any atom is -0.404 e. The first-order valence-corrected chi connectivity index (χ1v) is 8.26. The Morgan fingerprint density at radius 2 is 2.00 bits per heavy atom. The summed E-state index contributed by atoms with van der Waals surface area (Å²) in [6.07, 6.45) is 0. The molecule has 0 spiro atoms. The maximum atomic E-state index is 12.5. The van der Waals surface area contributed by atoms with Crippen molar-refractivity contribution in [2.75, 3.05) is 0 Å². The molecule has 0 aliphatic heterocycles. The summed E-state index contributed by atoms with van der Waals surface area (Å²) in [5.74, 6) is -0.819. The summed E-state index contributed by atoms with van der Waals surface area (Å²) in [5.41, 5.74) is 1.18. The Balaban J connectivity index is 1.94. The second kappa shape index (κ2) is 6.97. The molecule has 0 aliphatic carbocycles. The number of rotatable bonds is 4. The van der Waals surface area contributed by atoms with E-state index in [0.717, 1.165) is 4.68 Å². The molecule has 0 aliphatic rings. The number of carbonyl (C=O) groups is 1. The van der Waals surface area contributed by atoms with Crippen molar-refractivity contribution in [3.05, 3.63) is 61.5 Å². The number of carbonyl (C=O) groups excluding carboxylic acids is 1. The van der Waals surface area contributed by atoms with Crippen molar-refractivity contribution < 1.29 is 13.9 Å². The van der Waals surface area contributed by atoms with Gasteiger partial charge in [0.25, 0.3) is 0 Å². The first-order valence-electron chi connectivity index (χ1n) is 7.50. The van der Waals surface area contributed by atoms with Gasteiger partial charge in [0.05, 0.1) is 22.8 Å². The molecular weight excluding hydrogens is 383 g/mol. The molecular formula is C16H14Cl2N4O4. The van der Waals surface area contributed by atoms with Crippen LogP contribution in [0.2, 0.25) is 10.0 Å². The molecule has 2 aromatic heterocycles. The highest BCUT2D eigenvalue weighted by Crippen LogP contribution is 2.29. The molecule has 2 heterocycles. The third kappa shape index (κ3) is 3.51. The van der Waals surface area contributed by atoms with Crippen LogP contribution >= 0.6 is 23.2 Å². The van der Waals surface area contributed by atoms with E-state index in [1.165, 1.54) is 16.8 Å². The van der Waals surface area contributed by atoms with Crippen LogP contribution in [-0.4, -0.2) is 25.5 Å². The van der Waals surface area contributed by atoms with Crippen LogP contribution in [0.25, 0.3) is 0 Å². The van der Waals surface area contributed by atoms with Gasteiger partial charge in [-0.3, -0.25) is 0 Å². The first kappa shape index (κ1) is 18.2. The molecule has 0 N–H and O–H groups in total. The summed E-state index contributed by atoms with van der Waals surface area (Å²) < 4.78 is 12.7. The Bertz CT molecular complexity index is 1050. The lowest BCUT2D eigenvalue weighted by Crippen LogP contribution is -2.18. The van der Waals surface area contributed by atoms with E-state index in [1.54, 1.807) is 27.0 Å². The van der Waals surface area contributed by atoms with E-state index in [1.807, 2.05) is 0 Å². The summed E-state index contributed by atoms with van der Waals surface area (Å²) in [7, 11) is 1.66. The average Bonchev–Trinajstić information content (AvgIpc) is 3.04. The number of aryl methyl sites for hydroxylation is 3. The summed E-state index contributed by atoms with van der Waals surface area (Å²) in [6, 6.07) is 4.59. The van der Waals surface area contributed by atoms with E-state index in [0.29, 0.717) is 11.3 Å². The van der Waals surface area contributed by atoms with E-state index in [2.05, 4.69) is 10.2 Å². The summed E-state index contributed by atoms with van der Waals surface area (Å²) in [4.78, 5) is 24.2. The number of hydrogen-bond donors (Lipinski definition) is 0. The highest BCUT2D eigenvalue weighted by atomic mass is 35.5. The van der Waals surface area contributed by atoms with Gasteiger partial charge < -0.3 is 9.15 Å². The lowest BCUT2D eigenvalue weighted by molar-refractivity contribution is 0.0720. The molecule has 0 saturated heterocycles. The Hall–Kier alpha value is -2.58. The van der Waals surface area contributed by atoms with E-state index in [9.17, 15) is 9.59 Å². The predicted octanol–water partition coefficient (Wildman–Crippen LogP) is 2.76. The van der Waals surface area contributed by atoms with Crippen molar-refractivity contribution in [1.29, 1.82) is 0 Å². The lowest BCUT2D eigenvalue weighted by atomic mass is 10.1. The predicted molar refractivity (Wildman–Crippen MR) is 94.0 cm³/mol. The molecule has 0 saturated carbocycles. The zero-order chi connectivity index (χ0) is 19.0. The molecule has 136 valence electrons. The standard InChI is InChI=1S/C16H14Cl2N4O4/c1-8-6-13(21(3)19-8)26-15(23)10-4-5-12(17)11(14(10)18)7-22-16(24)25-9(2)20-22/h4-6H,7H2,1-3H3. The van der Waals surface area contributed by atoms with Gasteiger partial charge in [-0.25, -0.2) is 14.3 Å². The second-order valence-electron chi connectivity index (χ2n) is 5.57. The van der Waals surface area contributed by atoms with E-state index in [4.69, 9.17) is 32.4 Å². The van der Waals surface area contributed by atoms with Crippen LogP contribution in [0.4, 0.5) is 0 Å². The highest BCUT2D eigenvalue weighted by Gasteiger charge is 2.20. The summed E-state index contributed by atoms with van der Waals surface area (Å²) >= 11 is 12.5. The van der Waals surface area contributed by atoms with Crippen LogP contribution in [0.3, 0.4) is 0 Å². The zero-order valence-electron chi connectivity index (χ0n) is 14.1. The van der Waals surface area contributed by atoms with Crippen LogP contribution in [0.15, 0.2) is 27.4 Å². The quantitative estimate of drug-likeness (QED) is 0.629. The van der Waals surface area contributed by atoms with Crippen LogP contribution in [0.5, 0.6) is 5.88 Å². The van der Waals surface area contributed by atoms with Crippen molar-refractivity contribution in [3.8, 4) is 5.88 Å². The fourth-order valence-electron chi connectivity index (χ4n) is 2.39. The van der Waals surface area contributed by atoms with Crippen molar-refractivity contribution in [1.82, 2.24) is 19.6 Å². The number of halogens is 2. The van der Waals surface area contributed by atoms with Crippen molar-refractivity contribution in [3.63, 3.8) is 0 Å².